The van der Waals surface area contributed by atoms with Crippen LogP contribution in [0, 0.1) is 12.7 Å². The van der Waals surface area contributed by atoms with Crippen molar-refractivity contribution in [1.82, 2.24) is 5.32 Å². The Morgan fingerprint density at radius 2 is 1.90 bits per heavy atom. The van der Waals surface area contributed by atoms with Crippen LogP contribution in [-0.4, -0.2) is 18.8 Å². The van der Waals surface area contributed by atoms with E-state index in [4.69, 9.17) is 0 Å². The second-order valence-corrected chi connectivity index (χ2v) is 7.00. The van der Waals surface area contributed by atoms with Crippen molar-refractivity contribution in [2.75, 3.05) is 12.8 Å². The Hall–Kier alpha value is -0.840. The first-order valence-corrected chi connectivity index (χ1v) is 8.67. The molecule has 0 spiro atoms. The second kappa shape index (κ2) is 7.97. The fourth-order valence-corrected chi connectivity index (χ4v) is 3.55. The fraction of sp³-hybridized carbons (Fsp3) is 0.294. The smallest absolute Gasteiger partial charge is 0.124 e. The summed E-state index contributed by atoms with van der Waals surface area (Å²) in [5.41, 5.74) is 2.40. The molecule has 21 heavy (non-hydrogen) atoms. The van der Waals surface area contributed by atoms with Crippen LogP contribution in [0.2, 0.25) is 0 Å². The molecule has 0 fully saturated rings. The lowest BCUT2D eigenvalue weighted by Gasteiger charge is -2.17. The third-order valence-electron chi connectivity index (χ3n) is 3.36. The lowest BCUT2D eigenvalue weighted by Crippen LogP contribution is -2.30. The van der Waals surface area contributed by atoms with Crippen molar-refractivity contribution in [2.45, 2.75) is 24.3 Å². The Labute approximate surface area is 138 Å². The molecule has 1 unspecified atom stereocenters. The van der Waals surface area contributed by atoms with Gasteiger partial charge in [0, 0.05) is 21.2 Å². The van der Waals surface area contributed by atoms with Crippen molar-refractivity contribution in [3.8, 4) is 0 Å². The van der Waals surface area contributed by atoms with E-state index in [0.717, 1.165) is 22.2 Å². The highest BCUT2D eigenvalue weighted by Gasteiger charge is 2.11. The van der Waals surface area contributed by atoms with E-state index in [1.165, 1.54) is 22.6 Å². The van der Waals surface area contributed by atoms with Gasteiger partial charge in [-0.25, -0.2) is 4.39 Å². The number of nitrogens with one attached hydrogen (secondary N) is 1. The molecule has 2 aromatic rings. The minimum absolute atomic E-state index is 0.208. The maximum atomic E-state index is 13.1. The number of rotatable bonds is 6. The van der Waals surface area contributed by atoms with Crippen LogP contribution in [0.4, 0.5) is 4.39 Å². The highest BCUT2D eigenvalue weighted by molar-refractivity contribution is 9.10. The Kier molecular flexibility index (Phi) is 6.27. The number of hydrogen-bond donors (Lipinski definition) is 1. The summed E-state index contributed by atoms with van der Waals surface area (Å²) in [7, 11) is 1.97. The molecule has 0 saturated carbocycles. The fourth-order valence-electron chi connectivity index (χ4n) is 2.03. The molecule has 0 aliphatic rings. The first-order chi connectivity index (χ1) is 10.1. The number of halogens is 2. The summed E-state index contributed by atoms with van der Waals surface area (Å²) in [6, 6.07) is 13.8. The van der Waals surface area contributed by atoms with Gasteiger partial charge < -0.3 is 5.32 Å². The quantitative estimate of drug-likeness (QED) is 0.734. The zero-order valence-corrected chi connectivity index (χ0v) is 14.6. The van der Waals surface area contributed by atoms with Crippen molar-refractivity contribution >= 4 is 27.7 Å². The zero-order valence-electron chi connectivity index (χ0n) is 12.2. The topological polar surface area (TPSA) is 12.0 Å². The SMILES string of the molecule is CNC(CSc1ccc(C)cc1)Cc1ccc(F)cc1Br. The molecule has 0 radical (unpaired) electrons. The van der Waals surface area contributed by atoms with E-state index < -0.39 is 0 Å². The van der Waals surface area contributed by atoms with Gasteiger partial charge in [-0.3, -0.25) is 0 Å². The molecule has 1 nitrogen and oxygen atoms in total. The molecule has 0 bridgehead atoms. The first-order valence-electron chi connectivity index (χ1n) is 6.89. The highest BCUT2D eigenvalue weighted by Crippen LogP contribution is 2.23. The Morgan fingerprint density at radius 1 is 1.19 bits per heavy atom. The van der Waals surface area contributed by atoms with E-state index in [0.29, 0.717) is 6.04 Å². The van der Waals surface area contributed by atoms with Gasteiger partial charge >= 0.3 is 0 Å². The van der Waals surface area contributed by atoms with Crippen LogP contribution in [0.1, 0.15) is 11.1 Å². The average molecular weight is 368 g/mol. The summed E-state index contributed by atoms with van der Waals surface area (Å²) in [6.07, 6.45) is 0.871. The molecule has 112 valence electrons. The molecule has 0 heterocycles. The molecule has 4 heteroatoms. The molecule has 2 rings (SSSR count). The van der Waals surface area contributed by atoms with Crippen LogP contribution in [-0.2, 0) is 6.42 Å². The minimum Gasteiger partial charge on any atom is -0.316 e. The largest absolute Gasteiger partial charge is 0.316 e. The molecule has 1 atom stereocenters. The normalized spacial score (nSPS) is 12.4. The van der Waals surface area contributed by atoms with Crippen molar-refractivity contribution in [3.63, 3.8) is 0 Å². The minimum atomic E-state index is -0.208. The summed E-state index contributed by atoms with van der Waals surface area (Å²) in [5.74, 6) is 0.768. The molecule has 2 aromatic carbocycles. The highest BCUT2D eigenvalue weighted by atomic mass is 79.9. The van der Waals surface area contributed by atoms with Gasteiger partial charge in [0.15, 0.2) is 0 Å². The molecule has 0 aliphatic carbocycles. The molecule has 0 aromatic heterocycles. The molecular weight excluding hydrogens is 349 g/mol. The van der Waals surface area contributed by atoms with Gasteiger partial charge in [0.05, 0.1) is 0 Å². The zero-order chi connectivity index (χ0) is 15.2. The van der Waals surface area contributed by atoms with Gasteiger partial charge in [-0.15, -0.1) is 11.8 Å². The monoisotopic (exact) mass is 367 g/mol. The summed E-state index contributed by atoms with van der Waals surface area (Å²) in [4.78, 5) is 1.28. The Balaban J connectivity index is 1.95. The van der Waals surface area contributed by atoms with Crippen LogP contribution in [0.25, 0.3) is 0 Å². The third-order valence-corrected chi connectivity index (χ3v) is 5.27. The van der Waals surface area contributed by atoms with Gasteiger partial charge in [0.1, 0.15) is 5.82 Å². The van der Waals surface area contributed by atoms with Crippen molar-refractivity contribution in [2.24, 2.45) is 0 Å². The van der Waals surface area contributed by atoms with E-state index in [9.17, 15) is 4.39 Å². The standard InChI is InChI=1S/C17H19BrFNS/c1-12-3-7-16(8-4-12)21-11-15(20-2)9-13-5-6-14(19)10-17(13)18/h3-8,10,15,20H,9,11H2,1-2H3. The van der Waals surface area contributed by atoms with Gasteiger partial charge in [-0.05, 0) is 50.2 Å². The number of benzene rings is 2. The lowest BCUT2D eigenvalue weighted by atomic mass is 10.1. The van der Waals surface area contributed by atoms with E-state index in [1.54, 1.807) is 0 Å². The molecule has 0 amide bonds. The van der Waals surface area contributed by atoms with Crippen molar-refractivity contribution in [1.29, 1.82) is 0 Å². The summed E-state index contributed by atoms with van der Waals surface area (Å²) in [6.45, 7) is 2.09. The van der Waals surface area contributed by atoms with Crippen molar-refractivity contribution < 1.29 is 4.39 Å². The maximum absolute atomic E-state index is 13.1. The van der Waals surface area contributed by atoms with Crippen LogP contribution < -0.4 is 5.32 Å². The summed E-state index contributed by atoms with van der Waals surface area (Å²) < 4.78 is 14.0. The third kappa shape index (κ3) is 5.13. The van der Waals surface area contributed by atoms with Crippen molar-refractivity contribution in [3.05, 3.63) is 63.9 Å². The number of aryl methyl sites for hydroxylation is 1. The summed E-state index contributed by atoms with van der Waals surface area (Å²) >= 11 is 5.27. The first kappa shape index (κ1) is 16.5. The van der Waals surface area contributed by atoms with Gasteiger partial charge in [-0.1, -0.05) is 39.7 Å². The molecule has 0 saturated heterocycles. The molecule has 0 aliphatic heterocycles. The predicted molar refractivity (Wildman–Crippen MR) is 92.6 cm³/mol. The second-order valence-electron chi connectivity index (χ2n) is 5.05. The Morgan fingerprint density at radius 3 is 2.52 bits per heavy atom. The van der Waals surface area contributed by atoms with E-state index >= 15 is 0 Å². The van der Waals surface area contributed by atoms with Crippen LogP contribution >= 0.6 is 27.7 Å². The van der Waals surface area contributed by atoms with Crippen LogP contribution in [0.15, 0.2) is 51.8 Å². The lowest BCUT2D eigenvalue weighted by molar-refractivity contribution is 0.607. The predicted octanol–water partition coefficient (Wildman–Crippen LogP) is 4.82. The molecular formula is C17H19BrFNS. The number of thioether (sulfide) groups is 1. The van der Waals surface area contributed by atoms with Gasteiger partial charge in [0.2, 0.25) is 0 Å². The Bertz CT molecular complexity index is 586. The maximum Gasteiger partial charge on any atom is 0.124 e. The van der Waals surface area contributed by atoms with Crippen LogP contribution in [0.5, 0.6) is 0 Å². The van der Waals surface area contributed by atoms with E-state index in [1.807, 2.05) is 24.9 Å². The number of hydrogen-bond acceptors (Lipinski definition) is 2. The van der Waals surface area contributed by atoms with E-state index in [2.05, 4.69) is 52.4 Å². The number of likely N-dealkylation sites (N-methyl/N-ethyl adjacent to an activating group) is 1. The van der Waals surface area contributed by atoms with Gasteiger partial charge in [0.25, 0.3) is 0 Å². The van der Waals surface area contributed by atoms with Crippen LogP contribution in [0.3, 0.4) is 0 Å². The van der Waals surface area contributed by atoms with Gasteiger partial charge in [-0.2, -0.15) is 0 Å². The molecule has 1 N–H and O–H groups in total. The average Bonchev–Trinajstić information content (AvgIpc) is 2.47. The van der Waals surface area contributed by atoms with E-state index in [-0.39, 0.29) is 5.82 Å². The summed E-state index contributed by atoms with van der Waals surface area (Å²) in [5, 5.41) is 3.34.